The lowest BCUT2D eigenvalue weighted by molar-refractivity contribution is 0.866. The molecule has 37 heavy (non-hydrogen) atoms. The molecule has 2 aliphatic rings. The summed E-state index contributed by atoms with van der Waals surface area (Å²) < 4.78 is 2.22. The molecule has 1 heterocycles. The molecular formula is C30H31ClN6. The molecule has 1 aliphatic carbocycles. The Morgan fingerprint density at radius 2 is 1.59 bits per heavy atom. The van der Waals surface area contributed by atoms with Gasteiger partial charge in [-0.05, 0) is 80.6 Å². The number of aromatic nitrogens is 2. The normalized spacial score (nSPS) is 11.8. The first-order valence-electron chi connectivity index (χ1n) is 12.5. The van der Waals surface area contributed by atoms with Gasteiger partial charge in [0.2, 0.25) is 0 Å². The van der Waals surface area contributed by atoms with Crippen molar-refractivity contribution in [1.29, 1.82) is 0 Å². The lowest BCUT2D eigenvalue weighted by Gasteiger charge is -2.24. The van der Waals surface area contributed by atoms with Crippen molar-refractivity contribution >= 4 is 39.7 Å². The minimum Gasteiger partial charge on any atom is -0.378 e. The molecule has 5 rings (SSSR count). The fraction of sp³-hybridized carbons (Fsp3) is 0.200. The number of para-hydroxylation sites is 1. The zero-order chi connectivity index (χ0) is 25.9. The average molecular weight is 511 g/mol. The molecule has 1 N–H and O–H groups in total. The molecule has 0 fully saturated rings. The molecule has 0 aromatic heterocycles. The second-order valence-corrected chi connectivity index (χ2v) is 9.50. The lowest BCUT2D eigenvalue weighted by atomic mass is 10.1. The quantitative estimate of drug-likeness (QED) is 0.197. The molecule has 0 saturated heterocycles. The number of hydrogen-bond acceptors (Lipinski definition) is 5. The highest BCUT2D eigenvalue weighted by Crippen LogP contribution is 2.34. The first-order chi connectivity index (χ1) is 18.0. The van der Waals surface area contributed by atoms with Gasteiger partial charge in [0.15, 0.2) is 0 Å². The van der Waals surface area contributed by atoms with Crippen molar-refractivity contribution in [2.24, 2.45) is 5.10 Å². The number of fused-ring (bicyclic) bond motifs is 2. The maximum atomic E-state index is 6.83. The van der Waals surface area contributed by atoms with Gasteiger partial charge in [-0.3, -0.25) is 5.43 Å². The molecular weight excluding hydrogens is 480 g/mol. The highest BCUT2D eigenvalue weighted by atomic mass is 35.5. The van der Waals surface area contributed by atoms with Crippen LogP contribution < -0.4 is 20.6 Å². The molecule has 1 aliphatic heterocycles. The van der Waals surface area contributed by atoms with Gasteiger partial charge in [0.05, 0.1) is 33.0 Å². The van der Waals surface area contributed by atoms with Crippen LogP contribution in [0.3, 0.4) is 0 Å². The number of rotatable bonds is 7. The second kappa shape index (κ2) is 10.5. The van der Waals surface area contributed by atoms with Crippen LogP contribution in [0, 0.1) is 0 Å². The van der Waals surface area contributed by atoms with E-state index < -0.39 is 0 Å². The molecule has 188 valence electrons. The monoisotopic (exact) mass is 510 g/mol. The van der Waals surface area contributed by atoms with E-state index in [2.05, 4.69) is 75.1 Å². The molecule has 0 saturated carbocycles. The third-order valence-electron chi connectivity index (χ3n) is 6.54. The van der Waals surface area contributed by atoms with Crippen molar-refractivity contribution in [3.63, 3.8) is 0 Å². The van der Waals surface area contributed by atoms with E-state index in [1.54, 1.807) is 0 Å². The van der Waals surface area contributed by atoms with E-state index in [4.69, 9.17) is 16.6 Å². The van der Waals surface area contributed by atoms with Gasteiger partial charge in [0.1, 0.15) is 5.52 Å². The average Bonchev–Trinajstić information content (AvgIpc) is 2.92. The SMILES string of the molecule is CCN(CC)c1cc(Cl)c2nc3ccc(=NNc4ccc(N(C)C)cc4)cc-3n(-c3ccccc3)c2c1. The number of halogens is 1. The molecule has 3 aromatic carbocycles. The van der Waals surface area contributed by atoms with E-state index in [0.717, 1.165) is 63.6 Å². The van der Waals surface area contributed by atoms with Crippen molar-refractivity contribution in [2.75, 3.05) is 42.4 Å². The maximum absolute atomic E-state index is 6.83. The second-order valence-electron chi connectivity index (χ2n) is 9.09. The van der Waals surface area contributed by atoms with Gasteiger partial charge >= 0.3 is 0 Å². The van der Waals surface area contributed by atoms with E-state index >= 15 is 0 Å². The minimum absolute atomic E-state index is 0.641. The summed E-state index contributed by atoms with van der Waals surface area (Å²) in [5.41, 5.74) is 10.9. The largest absolute Gasteiger partial charge is 0.378 e. The molecule has 0 radical (unpaired) electrons. The standard InChI is InChI=1S/C30H31ClN6/c1-5-36(6-2)25-19-26(31)30-29(20-25)37(24-10-8-7-9-11-24)28-18-22(14-17-27(28)32-30)34-33-21-12-15-23(16-13-21)35(3)4/h7-20,33H,5-6H2,1-4H3. The summed E-state index contributed by atoms with van der Waals surface area (Å²) >= 11 is 6.83. The van der Waals surface area contributed by atoms with E-state index in [0.29, 0.717) is 5.02 Å². The van der Waals surface area contributed by atoms with Crippen LogP contribution in [0.2, 0.25) is 5.02 Å². The minimum atomic E-state index is 0.641. The van der Waals surface area contributed by atoms with Crippen molar-refractivity contribution in [3.05, 3.63) is 95.3 Å². The van der Waals surface area contributed by atoms with Crippen LogP contribution in [0.1, 0.15) is 13.8 Å². The fourth-order valence-electron chi connectivity index (χ4n) is 4.55. The van der Waals surface area contributed by atoms with Crippen molar-refractivity contribution in [1.82, 2.24) is 9.55 Å². The maximum Gasteiger partial charge on any atom is 0.107 e. The van der Waals surface area contributed by atoms with Crippen molar-refractivity contribution in [2.45, 2.75) is 13.8 Å². The van der Waals surface area contributed by atoms with Crippen LogP contribution in [0.25, 0.3) is 28.1 Å². The lowest BCUT2D eigenvalue weighted by Crippen LogP contribution is -2.22. The Labute approximate surface area is 222 Å². The van der Waals surface area contributed by atoms with Gasteiger partial charge in [-0.1, -0.05) is 29.8 Å². The molecule has 7 heteroatoms. The van der Waals surface area contributed by atoms with Crippen LogP contribution >= 0.6 is 11.6 Å². The van der Waals surface area contributed by atoms with Gasteiger partial charge in [-0.2, -0.15) is 5.10 Å². The summed E-state index contributed by atoms with van der Waals surface area (Å²) in [6.45, 7) is 6.10. The number of hydrogen-bond donors (Lipinski definition) is 1. The van der Waals surface area contributed by atoms with Crippen molar-refractivity contribution < 1.29 is 0 Å². The predicted octanol–water partition coefficient (Wildman–Crippen LogP) is 6.62. The van der Waals surface area contributed by atoms with E-state index in [1.807, 2.05) is 62.6 Å². The Bertz CT molecular complexity index is 1550. The predicted molar refractivity (Wildman–Crippen MR) is 156 cm³/mol. The smallest absolute Gasteiger partial charge is 0.107 e. The van der Waals surface area contributed by atoms with Gasteiger partial charge in [0.25, 0.3) is 0 Å². The third kappa shape index (κ3) is 4.98. The summed E-state index contributed by atoms with van der Waals surface area (Å²) in [7, 11) is 4.06. The highest BCUT2D eigenvalue weighted by Gasteiger charge is 2.18. The Morgan fingerprint density at radius 1 is 0.865 bits per heavy atom. The highest BCUT2D eigenvalue weighted by molar-refractivity contribution is 6.35. The molecule has 0 atom stereocenters. The molecule has 3 aromatic rings. The number of nitrogens with zero attached hydrogens (tertiary/aromatic N) is 5. The van der Waals surface area contributed by atoms with Crippen LogP contribution in [0.5, 0.6) is 0 Å². The Kier molecular flexibility index (Phi) is 7.01. The molecule has 0 amide bonds. The van der Waals surface area contributed by atoms with Gasteiger partial charge in [0, 0.05) is 44.2 Å². The first-order valence-corrected chi connectivity index (χ1v) is 12.9. The van der Waals surface area contributed by atoms with Gasteiger partial charge in [-0.15, -0.1) is 0 Å². The Balaban J connectivity index is 1.69. The summed E-state index contributed by atoms with van der Waals surface area (Å²) in [5.74, 6) is 0. The topological polar surface area (TPSA) is 48.7 Å². The third-order valence-corrected chi connectivity index (χ3v) is 6.83. The van der Waals surface area contributed by atoms with Crippen LogP contribution in [-0.4, -0.2) is 36.7 Å². The fourth-order valence-corrected chi connectivity index (χ4v) is 4.80. The summed E-state index contributed by atoms with van der Waals surface area (Å²) in [6.07, 6.45) is 0. The summed E-state index contributed by atoms with van der Waals surface area (Å²) in [6, 6.07) is 28.7. The van der Waals surface area contributed by atoms with E-state index in [1.165, 1.54) is 0 Å². The Hall–Kier alpha value is -4.03. The summed E-state index contributed by atoms with van der Waals surface area (Å²) in [4.78, 5) is 9.33. The van der Waals surface area contributed by atoms with Gasteiger partial charge in [-0.25, -0.2) is 4.98 Å². The summed E-state index contributed by atoms with van der Waals surface area (Å²) in [5, 5.41) is 6.11. The van der Waals surface area contributed by atoms with Crippen LogP contribution in [-0.2, 0) is 0 Å². The number of anilines is 3. The molecule has 0 unspecified atom stereocenters. The zero-order valence-electron chi connectivity index (χ0n) is 21.6. The van der Waals surface area contributed by atoms with Crippen LogP contribution in [0.4, 0.5) is 17.1 Å². The molecule has 0 bridgehead atoms. The zero-order valence-corrected chi connectivity index (χ0v) is 22.4. The first kappa shape index (κ1) is 24.7. The van der Waals surface area contributed by atoms with E-state index in [9.17, 15) is 0 Å². The number of benzene rings is 4. The number of nitrogens with one attached hydrogen (secondary N) is 1. The van der Waals surface area contributed by atoms with Gasteiger partial charge < -0.3 is 14.4 Å². The molecule has 6 nitrogen and oxygen atoms in total. The van der Waals surface area contributed by atoms with Crippen molar-refractivity contribution in [3.8, 4) is 17.1 Å². The van der Waals surface area contributed by atoms with Crippen LogP contribution in [0.15, 0.2) is 90.0 Å². The molecule has 0 spiro atoms. The Morgan fingerprint density at radius 3 is 2.27 bits per heavy atom. The van der Waals surface area contributed by atoms with E-state index in [-0.39, 0.29) is 0 Å².